The van der Waals surface area contributed by atoms with Crippen LogP contribution in [-0.4, -0.2) is 32.6 Å². The van der Waals surface area contributed by atoms with Crippen molar-refractivity contribution < 1.29 is 20.4 Å². The maximum atomic E-state index is 12.2. The molecule has 268 valence electrons. The van der Waals surface area contributed by atoms with Crippen molar-refractivity contribution in [3.05, 3.63) is 57.6 Å². The Balaban J connectivity index is 1.73. The van der Waals surface area contributed by atoms with E-state index in [1.807, 2.05) is 0 Å². The van der Waals surface area contributed by atoms with Crippen LogP contribution in [0.1, 0.15) is 149 Å². The van der Waals surface area contributed by atoms with Gasteiger partial charge in [-0.3, -0.25) is 0 Å². The topological polar surface area (TPSA) is 80.9 Å². The molecule has 3 aliphatic rings. The summed E-state index contributed by atoms with van der Waals surface area (Å²) >= 11 is 0. The molecular formula is C44H68O4. The highest BCUT2D eigenvalue weighted by atomic mass is 16.3. The van der Waals surface area contributed by atoms with Crippen molar-refractivity contribution in [3.63, 3.8) is 0 Å². The summed E-state index contributed by atoms with van der Waals surface area (Å²) < 4.78 is 0. The van der Waals surface area contributed by atoms with Gasteiger partial charge in [-0.2, -0.15) is 0 Å². The van der Waals surface area contributed by atoms with Gasteiger partial charge in [-0.15, -0.1) is 0 Å². The molecule has 8 atom stereocenters. The van der Waals surface area contributed by atoms with Crippen LogP contribution in [0.5, 0.6) is 11.5 Å². The third-order valence-electron chi connectivity index (χ3n) is 12.9. The Kier molecular flexibility index (Phi) is 10.0. The van der Waals surface area contributed by atoms with E-state index >= 15 is 0 Å². The Morgan fingerprint density at radius 3 is 1.08 bits per heavy atom. The molecule has 5 rings (SSSR count). The molecule has 3 aliphatic carbocycles. The van der Waals surface area contributed by atoms with Gasteiger partial charge in [-0.1, -0.05) is 107 Å². The van der Waals surface area contributed by atoms with Gasteiger partial charge in [0.05, 0.1) is 12.2 Å². The summed E-state index contributed by atoms with van der Waals surface area (Å²) in [6.07, 6.45) is 5.29. The summed E-state index contributed by atoms with van der Waals surface area (Å²) in [5.41, 5.74) is 5.74. The molecule has 2 fully saturated rings. The molecule has 0 aromatic heterocycles. The van der Waals surface area contributed by atoms with Crippen LogP contribution in [-0.2, 0) is 30.1 Å². The van der Waals surface area contributed by atoms with E-state index in [1.54, 1.807) is 0 Å². The maximum Gasteiger partial charge on any atom is 0.122 e. The molecule has 8 unspecified atom stereocenters. The Morgan fingerprint density at radius 2 is 0.771 bits per heavy atom. The fourth-order valence-electron chi connectivity index (χ4n) is 9.40. The van der Waals surface area contributed by atoms with E-state index in [0.717, 1.165) is 54.4 Å². The minimum Gasteiger partial charge on any atom is -0.507 e. The Morgan fingerprint density at radius 1 is 0.458 bits per heavy atom. The standard InChI is InChI=1S/C44H68O4/c1-41(2,3)33-17-25-13-27-19-34(42(4,5)6)21-29(38(27)46)15-31-23-36(44(10,11)12)24-32(40(31)48)16-30-22-35(43(7,8)9)20-28(39(30)47)14-26(18-33)37(25)45/h17-19,21,28,30-32,35-36,39-40,45-48H,13-16,20,22-24H2,1-12H3. The van der Waals surface area contributed by atoms with E-state index in [0.29, 0.717) is 42.6 Å². The van der Waals surface area contributed by atoms with Crippen LogP contribution in [0.4, 0.5) is 0 Å². The number of aromatic hydroxyl groups is 2. The molecule has 0 amide bonds. The van der Waals surface area contributed by atoms with Crippen LogP contribution in [0.25, 0.3) is 0 Å². The summed E-state index contributed by atoms with van der Waals surface area (Å²) in [7, 11) is 0. The molecular weight excluding hydrogens is 592 g/mol. The van der Waals surface area contributed by atoms with Crippen LogP contribution in [0, 0.1) is 46.3 Å². The number of hydrogen-bond donors (Lipinski definition) is 4. The van der Waals surface area contributed by atoms with E-state index in [-0.39, 0.29) is 45.3 Å². The normalized spacial score (nSPS) is 30.6. The van der Waals surface area contributed by atoms with Gasteiger partial charge in [0, 0.05) is 6.42 Å². The number of rotatable bonds is 0. The van der Waals surface area contributed by atoms with Crippen LogP contribution >= 0.6 is 0 Å². The SMILES string of the molecule is CC(C)(C)c1cc2c(O)c(c1)CC1CC(C(C)(C)C)CC(CC3CC(C(C)(C)C)CC(Cc4cc(C(C)(C)C)cc(c4O)C2)C3O)C1O. The number of fused-ring (bicyclic) bond motifs is 8. The number of phenols is 2. The van der Waals surface area contributed by atoms with Gasteiger partial charge in [0.1, 0.15) is 11.5 Å². The molecule has 8 bridgehead atoms. The van der Waals surface area contributed by atoms with E-state index in [9.17, 15) is 20.4 Å². The average Bonchev–Trinajstić information content (AvgIpc) is 2.93. The highest BCUT2D eigenvalue weighted by molar-refractivity contribution is 5.52. The van der Waals surface area contributed by atoms with Crippen molar-refractivity contribution in [1.29, 1.82) is 0 Å². The van der Waals surface area contributed by atoms with E-state index < -0.39 is 12.2 Å². The Bertz CT molecular complexity index is 1350. The number of phenolic OH excluding ortho intramolecular Hbond substituents is 2. The zero-order valence-electron chi connectivity index (χ0n) is 32.4. The van der Waals surface area contributed by atoms with Crippen molar-refractivity contribution in [2.75, 3.05) is 0 Å². The van der Waals surface area contributed by atoms with Crippen molar-refractivity contribution in [2.45, 2.75) is 157 Å². The molecule has 48 heavy (non-hydrogen) atoms. The fourth-order valence-corrected chi connectivity index (χ4v) is 9.40. The van der Waals surface area contributed by atoms with Crippen molar-refractivity contribution in [1.82, 2.24) is 0 Å². The van der Waals surface area contributed by atoms with E-state index in [1.165, 1.54) is 11.1 Å². The van der Waals surface area contributed by atoms with Crippen molar-refractivity contribution >= 4 is 0 Å². The number of benzene rings is 2. The molecule has 2 aromatic carbocycles. The van der Waals surface area contributed by atoms with Crippen LogP contribution < -0.4 is 0 Å². The highest BCUT2D eigenvalue weighted by Gasteiger charge is 2.46. The first-order chi connectivity index (χ1) is 21.9. The summed E-state index contributed by atoms with van der Waals surface area (Å²) in [6.45, 7) is 27.3. The van der Waals surface area contributed by atoms with Gasteiger partial charge in [0.2, 0.25) is 0 Å². The van der Waals surface area contributed by atoms with E-state index in [4.69, 9.17) is 0 Å². The minimum atomic E-state index is -0.482. The molecule has 2 aromatic rings. The first-order valence-corrected chi connectivity index (χ1v) is 19.0. The van der Waals surface area contributed by atoms with Gasteiger partial charge in [0.15, 0.2) is 0 Å². The zero-order valence-corrected chi connectivity index (χ0v) is 32.4. The smallest absolute Gasteiger partial charge is 0.122 e. The molecule has 4 N–H and O–H groups in total. The van der Waals surface area contributed by atoms with Gasteiger partial charge in [-0.05, 0) is 135 Å². The minimum absolute atomic E-state index is 0.0222. The second-order valence-electron chi connectivity index (χ2n) is 20.7. The lowest BCUT2D eigenvalue weighted by molar-refractivity contribution is -0.0721. The largest absolute Gasteiger partial charge is 0.507 e. The third kappa shape index (κ3) is 7.80. The summed E-state index contributed by atoms with van der Waals surface area (Å²) in [6, 6.07) is 8.61. The summed E-state index contributed by atoms with van der Waals surface area (Å²) in [5, 5.41) is 48.4. The molecule has 0 spiro atoms. The second kappa shape index (κ2) is 12.9. The number of aliphatic hydroxyl groups is 2. The Labute approximate surface area is 292 Å². The maximum absolute atomic E-state index is 12.2. The van der Waals surface area contributed by atoms with Crippen molar-refractivity contribution in [2.24, 2.45) is 46.3 Å². The summed E-state index contributed by atoms with van der Waals surface area (Å²) in [5.74, 6) is 1.74. The van der Waals surface area contributed by atoms with Gasteiger partial charge in [0.25, 0.3) is 0 Å². The molecule has 0 heterocycles. The first-order valence-electron chi connectivity index (χ1n) is 19.0. The highest BCUT2D eigenvalue weighted by Crippen LogP contribution is 2.51. The predicted molar refractivity (Wildman–Crippen MR) is 199 cm³/mol. The number of hydrogen-bond acceptors (Lipinski definition) is 4. The third-order valence-corrected chi connectivity index (χ3v) is 12.9. The van der Waals surface area contributed by atoms with Crippen LogP contribution in [0.15, 0.2) is 24.3 Å². The van der Waals surface area contributed by atoms with E-state index in [2.05, 4.69) is 107 Å². The molecule has 4 nitrogen and oxygen atoms in total. The number of aliphatic hydroxyl groups excluding tert-OH is 2. The second-order valence-corrected chi connectivity index (χ2v) is 20.7. The lowest BCUT2D eigenvalue weighted by atomic mass is 9.58. The fraction of sp³-hybridized carbons (Fsp3) is 0.727. The van der Waals surface area contributed by atoms with Crippen molar-refractivity contribution in [3.8, 4) is 11.5 Å². The molecule has 2 saturated carbocycles. The Hall–Kier alpha value is -2.04. The summed E-state index contributed by atoms with van der Waals surface area (Å²) in [4.78, 5) is 0. The van der Waals surface area contributed by atoms with Crippen LogP contribution in [0.3, 0.4) is 0 Å². The van der Waals surface area contributed by atoms with Crippen LogP contribution in [0.2, 0.25) is 0 Å². The predicted octanol–water partition coefficient (Wildman–Crippen LogP) is 9.87. The molecule has 0 radical (unpaired) electrons. The van der Waals surface area contributed by atoms with Gasteiger partial charge >= 0.3 is 0 Å². The zero-order chi connectivity index (χ0) is 35.7. The monoisotopic (exact) mass is 661 g/mol. The van der Waals surface area contributed by atoms with Gasteiger partial charge in [-0.25, -0.2) is 0 Å². The quantitative estimate of drug-likeness (QED) is 0.227. The average molecular weight is 661 g/mol. The first kappa shape index (κ1) is 37.2. The molecule has 4 heteroatoms. The lowest BCUT2D eigenvalue weighted by Crippen LogP contribution is -2.46. The van der Waals surface area contributed by atoms with Gasteiger partial charge < -0.3 is 20.4 Å². The molecule has 0 saturated heterocycles. The molecule has 0 aliphatic heterocycles. The lowest BCUT2D eigenvalue weighted by Gasteiger charge is -2.49.